The molecule has 0 radical (unpaired) electrons. The van der Waals surface area contributed by atoms with E-state index in [0.717, 1.165) is 18.5 Å². The van der Waals surface area contributed by atoms with E-state index in [1.165, 1.54) is 16.8 Å². The summed E-state index contributed by atoms with van der Waals surface area (Å²) < 4.78 is 1.82. The lowest BCUT2D eigenvalue weighted by atomic mass is 9.88. The zero-order valence-corrected chi connectivity index (χ0v) is 13.0. The molecule has 1 unspecified atom stereocenters. The van der Waals surface area contributed by atoms with E-state index in [-0.39, 0.29) is 12.5 Å². The summed E-state index contributed by atoms with van der Waals surface area (Å²) in [5.41, 5.74) is 4.83. The summed E-state index contributed by atoms with van der Waals surface area (Å²) in [7, 11) is 1.93. The van der Waals surface area contributed by atoms with Crippen LogP contribution >= 0.6 is 0 Å². The van der Waals surface area contributed by atoms with Gasteiger partial charge in [0, 0.05) is 43.0 Å². The minimum atomic E-state index is 0.218. The molecule has 4 nitrogen and oxygen atoms in total. The molecule has 2 heterocycles. The minimum Gasteiger partial charge on any atom is -0.396 e. The molecule has 0 saturated carbocycles. The Morgan fingerprint density at radius 1 is 1.33 bits per heavy atom. The van der Waals surface area contributed by atoms with Gasteiger partial charge in [-0.3, -0.25) is 4.68 Å². The lowest BCUT2D eigenvalue weighted by Crippen LogP contribution is -2.37. The first-order valence-electron chi connectivity index (χ1n) is 7.60. The molecular weight excluding hydrogens is 262 g/mol. The van der Waals surface area contributed by atoms with Gasteiger partial charge in [-0.2, -0.15) is 5.10 Å². The van der Waals surface area contributed by atoms with Crippen molar-refractivity contribution in [3.8, 4) is 11.1 Å². The van der Waals surface area contributed by atoms with Crippen LogP contribution in [0.2, 0.25) is 0 Å². The third-order valence-corrected chi connectivity index (χ3v) is 4.38. The molecule has 0 fully saturated rings. The molecule has 1 aliphatic rings. The van der Waals surface area contributed by atoms with Crippen LogP contribution in [0.4, 0.5) is 5.69 Å². The predicted octanol–water partition coefficient (Wildman–Crippen LogP) is 2.78. The van der Waals surface area contributed by atoms with Crippen molar-refractivity contribution in [2.75, 3.05) is 18.1 Å². The fraction of sp³-hybridized carbons (Fsp3) is 0.471. The quantitative estimate of drug-likeness (QED) is 0.943. The molecular formula is C17H23N3O. The number of aromatic nitrogens is 2. The van der Waals surface area contributed by atoms with E-state index in [9.17, 15) is 5.11 Å². The number of hydrogen-bond donors (Lipinski definition) is 1. The van der Waals surface area contributed by atoms with Crippen molar-refractivity contribution in [2.45, 2.75) is 32.2 Å². The Hall–Kier alpha value is -1.81. The standard InChI is InChI=1S/C17H23N3O/c1-12(2)20-7-6-14(11-21)16-8-13(4-5-17(16)20)15-9-18-19(3)10-15/h4-5,8-10,12,14,21H,6-7,11H2,1-3H3. The summed E-state index contributed by atoms with van der Waals surface area (Å²) in [6, 6.07) is 7.05. The smallest absolute Gasteiger partial charge is 0.0568 e. The molecule has 3 rings (SSSR count). The Labute approximate surface area is 126 Å². The van der Waals surface area contributed by atoms with E-state index in [4.69, 9.17) is 0 Å². The van der Waals surface area contributed by atoms with Crippen LogP contribution in [-0.2, 0) is 7.05 Å². The van der Waals surface area contributed by atoms with Crippen LogP contribution in [0.3, 0.4) is 0 Å². The first-order chi connectivity index (χ1) is 10.1. The third kappa shape index (κ3) is 2.56. The molecule has 1 aliphatic heterocycles. The van der Waals surface area contributed by atoms with Gasteiger partial charge in [-0.1, -0.05) is 6.07 Å². The van der Waals surface area contributed by atoms with Gasteiger partial charge in [0.15, 0.2) is 0 Å². The molecule has 0 bridgehead atoms. The number of aliphatic hydroxyl groups is 1. The second kappa shape index (κ2) is 5.53. The molecule has 0 saturated heterocycles. The van der Waals surface area contributed by atoms with Crippen LogP contribution in [0, 0.1) is 0 Å². The third-order valence-electron chi connectivity index (χ3n) is 4.38. The highest BCUT2D eigenvalue weighted by Gasteiger charge is 2.26. The number of benzene rings is 1. The largest absolute Gasteiger partial charge is 0.396 e. The lowest BCUT2D eigenvalue weighted by molar-refractivity contribution is 0.256. The highest BCUT2D eigenvalue weighted by molar-refractivity contribution is 5.69. The SMILES string of the molecule is CC(C)N1CCC(CO)c2cc(-c3cnn(C)c3)ccc21. The highest BCUT2D eigenvalue weighted by Crippen LogP contribution is 2.38. The van der Waals surface area contributed by atoms with E-state index in [1.54, 1.807) is 0 Å². The Morgan fingerprint density at radius 3 is 2.76 bits per heavy atom. The van der Waals surface area contributed by atoms with E-state index in [2.05, 4.69) is 42.0 Å². The van der Waals surface area contributed by atoms with Crippen molar-refractivity contribution >= 4 is 5.69 Å². The summed E-state index contributed by atoms with van der Waals surface area (Å²) in [6.07, 6.45) is 4.93. The van der Waals surface area contributed by atoms with Gasteiger partial charge in [0.1, 0.15) is 0 Å². The van der Waals surface area contributed by atoms with Crippen LogP contribution in [-0.4, -0.2) is 34.1 Å². The van der Waals surface area contributed by atoms with Crippen molar-refractivity contribution in [1.82, 2.24) is 9.78 Å². The Balaban J connectivity index is 2.05. The fourth-order valence-electron chi connectivity index (χ4n) is 3.19. The maximum Gasteiger partial charge on any atom is 0.0568 e. The van der Waals surface area contributed by atoms with Gasteiger partial charge >= 0.3 is 0 Å². The van der Waals surface area contributed by atoms with E-state index in [1.807, 2.05) is 24.1 Å². The molecule has 1 atom stereocenters. The number of nitrogens with zero attached hydrogens (tertiary/aromatic N) is 3. The van der Waals surface area contributed by atoms with Gasteiger partial charge in [0.2, 0.25) is 0 Å². The summed E-state index contributed by atoms with van der Waals surface area (Å²) in [6.45, 7) is 5.67. The topological polar surface area (TPSA) is 41.3 Å². The van der Waals surface area contributed by atoms with E-state index >= 15 is 0 Å². The average Bonchev–Trinajstić information content (AvgIpc) is 2.91. The molecule has 1 aromatic heterocycles. The molecule has 0 aliphatic carbocycles. The van der Waals surface area contributed by atoms with Crippen molar-refractivity contribution in [1.29, 1.82) is 0 Å². The fourth-order valence-corrected chi connectivity index (χ4v) is 3.19. The number of aryl methyl sites for hydroxylation is 1. The zero-order chi connectivity index (χ0) is 15.0. The normalized spacial score (nSPS) is 18.1. The van der Waals surface area contributed by atoms with Crippen molar-refractivity contribution < 1.29 is 5.11 Å². The number of anilines is 1. The highest BCUT2D eigenvalue weighted by atomic mass is 16.3. The van der Waals surface area contributed by atoms with Gasteiger partial charge in [-0.05, 0) is 43.5 Å². The molecule has 1 aromatic carbocycles. The molecule has 4 heteroatoms. The van der Waals surface area contributed by atoms with Gasteiger partial charge in [-0.25, -0.2) is 0 Å². The number of fused-ring (bicyclic) bond motifs is 1. The Kier molecular flexibility index (Phi) is 3.72. The maximum atomic E-state index is 9.69. The summed E-state index contributed by atoms with van der Waals surface area (Å²) in [5.74, 6) is 0.242. The summed E-state index contributed by atoms with van der Waals surface area (Å²) in [5, 5.41) is 13.9. The van der Waals surface area contributed by atoms with Crippen molar-refractivity contribution in [3.63, 3.8) is 0 Å². The summed E-state index contributed by atoms with van der Waals surface area (Å²) in [4.78, 5) is 2.43. The van der Waals surface area contributed by atoms with Crippen LogP contribution in [0.1, 0.15) is 31.7 Å². The molecule has 0 spiro atoms. The lowest BCUT2D eigenvalue weighted by Gasteiger charge is -2.38. The maximum absolute atomic E-state index is 9.69. The first-order valence-corrected chi connectivity index (χ1v) is 7.60. The number of hydrogen-bond acceptors (Lipinski definition) is 3. The number of rotatable bonds is 3. The average molecular weight is 285 g/mol. The molecule has 0 amide bonds. The van der Waals surface area contributed by atoms with E-state index < -0.39 is 0 Å². The molecule has 21 heavy (non-hydrogen) atoms. The minimum absolute atomic E-state index is 0.218. The predicted molar refractivity (Wildman–Crippen MR) is 85.6 cm³/mol. The van der Waals surface area contributed by atoms with Gasteiger partial charge < -0.3 is 10.0 Å². The summed E-state index contributed by atoms with van der Waals surface area (Å²) >= 11 is 0. The molecule has 2 aromatic rings. The second-order valence-corrected chi connectivity index (χ2v) is 6.13. The van der Waals surface area contributed by atoms with Crippen LogP contribution < -0.4 is 4.90 Å². The van der Waals surface area contributed by atoms with Gasteiger partial charge in [0.25, 0.3) is 0 Å². The zero-order valence-electron chi connectivity index (χ0n) is 13.0. The Morgan fingerprint density at radius 2 is 2.14 bits per heavy atom. The monoisotopic (exact) mass is 285 g/mol. The second-order valence-electron chi connectivity index (χ2n) is 6.13. The van der Waals surface area contributed by atoms with Crippen LogP contribution in [0.25, 0.3) is 11.1 Å². The van der Waals surface area contributed by atoms with E-state index in [0.29, 0.717) is 6.04 Å². The van der Waals surface area contributed by atoms with Crippen molar-refractivity contribution in [2.24, 2.45) is 7.05 Å². The van der Waals surface area contributed by atoms with Gasteiger partial charge in [-0.15, -0.1) is 0 Å². The number of aliphatic hydroxyl groups excluding tert-OH is 1. The Bertz CT molecular complexity index is 633. The van der Waals surface area contributed by atoms with Crippen LogP contribution in [0.5, 0.6) is 0 Å². The van der Waals surface area contributed by atoms with Gasteiger partial charge in [0.05, 0.1) is 12.8 Å². The molecule has 1 N–H and O–H groups in total. The van der Waals surface area contributed by atoms with Crippen LogP contribution in [0.15, 0.2) is 30.6 Å². The van der Waals surface area contributed by atoms with Crippen molar-refractivity contribution in [3.05, 3.63) is 36.2 Å². The molecule has 112 valence electrons. The first kappa shape index (κ1) is 14.1.